The lowest BCUT2D eigenvalue weighted by Gasteiger charge is -2.13. The Kier molecular flexibility index (Phi) is 6.39. The first-order valence-electron chi connectivity index (χ1n) is 15.6. The molecule has 0 aliphatic carbocycles. The Hall–Kier alpha value is -6.46. The van der Waals surface area contributed by atoms with Crippen LogP contribution in [-0.2, 0) is 0 Å². The fraction of sp³-hybridized carbons (Fsp3) is 0. The molecule has 7 aromatic carbocycles. The topological polar surface area (TPSA) is 64.7 Å². The summed E-state index contributed by atoms with van der Waals surface area (Å²) in [6.45, 7) is 0. The molecule has 0 amide bonds. The standard InChI is InChI=1S/C42H26N4O/c1-3-13-29(14-4-1)39-44-40(34-20-10-9-19-33(34)32-23-22-27-12-7-8-17-31(27)26-32)46-41(45-39)35-21-11-18-28-24-25-36-38(37(28)35)47-42(43-36)30-15-5-2-6-16-30/h1-26H. The number of aromatic nitrogens is 4. The van der Waals surface area contributed by atoms with Crippen molar-refractivity contribution in [3.8, 4) is 56.7 Å². The molecule has 2 heterocycles. The molecule has 0 N–H and O–H groups in total. The van der Waals surface area contributed by atoms with Crippen LogP contribution >= 0.6 is 0 Å². The van der Waals surface area contributed by atoms with Crippen LogP contribution in [0.1, 0.15) is 0 Å². The number of fused-ring (bicyclic) bond motifs is 4. The van der Waals surface area contributed by atoms with E-state index in [9.17, 15) is 0 Å². The van der Waals surface area contributed by atoms with Gasteiger partial charge in [-0.3, -0.25) is 0 Å². The number of benzene rings is 7. The van der Waals surface area contributed by atoms with Crippen LogP contribution in [-0.4, -0.2) is 19.9 Å². The maximum atomic E-state index is 6.49. The predicted octanol–water partition coefficient (Wildman–Crippen LogP) is 10.7. The molecule has 0 fully saturated rings. The minimum atomic E-state index is 0.568. The van der Waals surface area contributed by atoms with E-state index in [4.69, 9.17) is 24.4 Å². The van der Waals surface area contributed by atoms with E-state index in [1.165, 1.54) is 10.8 Å². The van der Waals surface area contributed by atoms with Gasteiger partial charge in [-0.05, 0) is 51.6 Å². The van der Waals surface area contributed by atoms with E-state index in [1.807, 2.05) is 78.9 Å². The molecule has 5 heteroatoms. The third-order valence-electron chi connectivity index (χ3n) is 8.56. The molecule has 0 spiro atoms. The molecule has 0 atom stereocenters. The molecule has 0 aliphatic rings. The van der Waals surface area contributed by atoms with E-state index in [0.717, 1.165) is 49.7 Å². The summed E-state index contributed by atoms with van der Waals surface area (Å²) in [5, 5.41) is 4.32. The number of oxazole rings is 1. The molecular formula is C42H26N4O. The fourth-order valence-corrected chi connectivity index (χ4v) is 6.27. The van der Waals surface area contributed by atoms with E-state index >= 15 is 0 Å². The maximum Gasteiger partial charge on any atom is 0.227 e. The molecule has 47 heavy (non-hydrogen) atoms. The van der Waals surface area contributed by atoms with Crippen LogP contribution in [0, 0.1) is 0 Å². The SMILES string of the molecule is c1ccc(-c2nc(-c3ccccc3-c3ccc4ccccc4c3)nc(-c3cccc4ccc5nc(-c6ccccc6)oc5c34)n2)cc1. The summed E-state index contributed by atoms with van der Waals surface area (Å²) in [4.78, 5) is 20.2. The van der Waals surface area contributed by atoms with Crippen molar-refractivity contribution in [2.24, 2.45) is 0 Å². The first-order valence-corrected chi connectivity index (χ1v) is 15.6. The lowest BCUT2D eigenvalue weighted by atomic mass is 9.96. The smallest absolute Gasteiger partial charge is 0.227 e. The van der Waals surface area contributed by atoms with Crippen LogP contribution in [0.4, 0.5) is 0 Å². The number of hydrogen-bond donors (Lipinski definition) is 0. The van der Waals surface area contributed by atoms with Gasteiger partial charge in [0.15, 0.2) is 23.1 Å². The summed E-state index contributed by atoms with van der Waals surface area (Å²) < 4.78 is 6.49. The van der Waals surface area contributed by atoms with Gasteiger partial charge in [0.25, 0.3) is 0 Å². The van der Waals surface area contributed by atoms with Crippen molar-refractivity contribution in [1.29, 1.82) is 0 Å². The van der Waals surface area contributed by atoms with Gasteiger partial charge in [0.2, 0.25) is 5.89 Å². The van der Waals surface area contributed by atoms with Crippen molar-refractivity contribution >= 4 is 32.6 Å². The molecule has 9 aromatic rings. The predicted molar refractivity (Wildman–Crippen MR) is 190 cm³/mol. The third-order valence-corrected chi connectivity index (χ3v) is 8.56. The molecule has 5 nitrogen and oxygen atoms in total. The molecule has 0 saturated carbocycles. The highest BCUT2D eigenvalue weighted by Gasteiger charge is 2.20. The summed E-state index contributed by atoms with van der Waals surface area (Å²) in [7, 11) is 0. The summed E-state index contributed by atoms with van der Waals surface area (Å²) in [5.41, 5.74) is 7.26. The largest absolute Gasteiger partial charge is 0.435 e. The Bertz CT molecular complexity index is 2580. The number of rotatable bonds is 5. The van der Waals surface area contributed by atoms with Gasteiger partial charge < -0.3 is 4.42 Å². The minimum absolute atomic E-state index is 0.568. The van der Waals surface area contributed by atoms with Gasteiger partial charge in [-0.15, -0.1) is 0 Å². The molecule has 9 rings (SSSR count). The van der Waals surface area contributed by atoms with E-state index in [0.29, 0.717) is 28.9 Å². The van der Waals surface area contributed by atoms with Crippen LogP contribution in [0.15, 0.2) is 162 Å². The van der Waals surface area contributed by atoms with Gasteiger partial charge in [0.05, 0.1) is 0 Å². The Morgan fingerprint density at radius 2 is 0.957 bits per heavy atom. The van der Waals surface area contributed by atoms with Crippen LogP contribution in [0.25, 0.3) is 89.4 Å². The average molecular weight is 603 g/mol. The van der Waals surface area contributed by atoms with Crippen LogP contribution in [0.3, 0.4) is 0 Å². The van der Waals surface area contributed by atoms with Crippen molar-refractivity contribution in [2.75, 3.05) is 0 Å². The van der Waals surface area contributed by atoms with Crippen molar-refractivity contribution in [1.82, 2.24) is 19.9 Å². The molecule has 0 bridgehead atoms. The van der Waals surface area contributed by atoms with Gasteiger partial charge in [-0.1, -0.05) is 133 Å². The van der Waals surface area contributed by atoms with Crippen LogP contribution in [0.5, 0.6) is 0 Å². The highest BCUT2D eigenvalue weighted by atomic mass is 16.3. The Morgan fingerprint density at radius 1 is 0.362 bits per heavy atom. The molecule has 220 valence electrons. The summed E-state index contributed by atoms with van der Waals surface area (Å²) >= 11 is 0. The Morgan fingerprint density at radius 3 is 1.77 bits per heavy atom. The molecule has 0 aliphatic heterocycles. The molecular weight excluding hydrogens is 576 g/mol. The van der Waals surface area contributed by atoms with Crippen LogP contribution in [0.2, 0.25) is 0 Å². The van der Waals surface area contributed by atoms with Crippen molar-refractivity contribution in [3.05, 3.63) is 158 Å². The fourth-order valence-electron chi connectivity index (χ4n) is 6.27. The minimum Gasteiger partial charge on any atom is -0.435 e. The normalized spacial score (nSPS) is 11.4. The van der Waals surface area contributed by atoms with E-state index in [-0.39, 0.29) is 0 Å². The van der Waals surface area contributed by atoms with Crippen molar-refractivity contribution in [3.63, 3.8) is 0 Å². The van der Waals surface area contributed by atoms with E-state index < -0.39 is 0 Å². The lowest BCUT2D eigenvalue weighted by molar-refractivity contribution is 0.623. The Balaban J connectivity index is 1.28. The molecule has 0 radical (unpaired) electrons. The van der Waals surface area contributed by atoms with E-state index in [1.54, 1.807) is 0 Å². The van der Waals surface area contributed by atoms with Crippen LogP contribution < -0.4 is 0 Å². The van der Waals surface area contributed by atoms with Gasteiger partial charge in [0, 0.05) is 27.6 Å². The third kappa shape index (κ3) is 4.82. The van der Waals surface area contributed by atoms with Crippen molar-refractivity contribution in [2.45, 2.75) is 0 Å². The monoisotopic (exact) mass is 602 g/mol. The molecule has 0 unspecified atom stereocenters. The first kappa shape index (κ1) is 26.9. The second-order valence-corrected chi connectivity index (χ2v) is 11.5. The zero-order chi connectivity index (χ0) is 31.2. The Labute approximate surface area is 270 Å². The molecule has 2 aromatic heterocycles. The first-order chi connectivity index (χ1) is 23.3. The summed E-state index contributed by atoms with van der Waals surface area (Å²) in [6.07, 6.45) is 0. The summed E-state index contributed by atoms with van der Waals surface area (Å²) in [5.74, 6) is 2.35. The highest BCUT2D eigenvalue weighted by Crippen LogP contribution is 2.38. The maximum absolute atomic E-state index is 6.49. The summed E-state index contributed by atoms with van der Waals surface area (Å²) in [6, 6.07) is 53.6. The number of nitrogens with zero attached hydrogens (tertiary/aromatic N) is 4. The lowest BCUT2D eigenvalue weighted by Crippen LogP contribution is -2.01. The number of hydrogen-bond acceptors (Lipinski definition) is 5. The zero-order valence-electron chi connectivity index (χ0n) is 25.2. The second-order valence-electron chi connectivity index (χ2n) is 11.5. The van der Waals surface area contributed by atoms with Crippen molar-refractivity contribution < 1.29 is 4.42 Å². The van der Waals surface area contributed by atoms with Gasteiger partial charge in [-0.25, -0.2) is 19.9 Å². The molecule has 0 saturated heterocycles. The average Bonchev–Trinajstić information content (AvgIpc) is 3.60. The zero-order valence-corrected chi connectivity index (χ0v) is 25.2. The van der Waals surface area contributed by atoms with Gasteiger partial charge in [0.1, 0.15) is 5.52 Å². The second kappa shape index (κ2) is 11.2. The quantitative estimate of drug-likeness (QED) is 0.196. The van der Waals surface area contributed by atoms with E-state index in [2.05, 4.69) is 78.9 Å². The van der Waals surface area contributed by atoms with Gasteiger partial charge in [-0.2, -0.15) is 0 Å². The highest BCUT2D eigenvalue weighted by molar-refractivity contribution is 6.10. The van der Waals surface area contributed by atoms with Gasteiger partial charge >= 0.3 is 0 Å².